The lowest BCUT2D eigenvalue weighted by Crippen LogP contribution is -2.27. The average Bonchev–Trinajstić information content (AvgIpc) is 2.47. The molecule has 2 rings (SSSR count). The Labute approximate surface area is 119 Å². The first kappa shape index (κ1) is 14.5. The van der Waals surface area contributed by atoms with Gasteiger partial charge in [0.2, 0.25) is 0 Å². The largest absolute Gasteiger partial charge is 0.496 e. The first-order valence-electron chi connectivity index (χ1n) is 6.79. The summed E-state index contributed by atoms with van der Waals surface area (Å²) in [5.74, 6) is 0.721. The SMILES string of the molecule is COc1ccccc1CC(C)NCc1ccc(F)cc1. The normalized spacial score (nSPS) is 12.2. The molecule has 0 radical (unpaired) electrons. The molecule has 0 aromatic heterocycles. The molecule has 1 atom stereocenters. The van der Waals surface area contributed by atoms with Crippen LogP contribution in [0, 0.1) is 5.82 Å². The number of hydrogen-bond acceptors (Lipinski definition) is 2. The van der Waals surface area contributed by atoms with Gasteiger partial charge in [-0.3, -0.25) is 0 Å². The van der Waals surface area contributed by atoms with Crippen molar-refractivity contribution in [2.45, 2.75) is 25.9 Å². The molecule has 20 heavy (non-hydrogen) atoms. The van der Waals surface area contributed by atoms with Gasteiger partial charge in [0.25, 0.3) is 0 Å². The van der Waals surface area contributed by atoms with E-state index in [-0.39, 0.29) is 5.82 Å². The van der Waals surface area contributed by atoms with Gasteiger partial charge >= 0.3 is 0 Å². The molecule has 3 heteroatoms. The van der Waals surface area contributed by atoms with E-state index in [1.807, 2.05) is 18.2 Å². The van der Waals surface area contributed by atoms with Crippen molar-refractivity contribution in [2.24, 2.45) is 0 Å². The van der Waals surface area contributed by atoms with Crippen LogP contribution in [0.25, 0.3) is 0 Å². The van der Waals surface area contributed by atoms with Crippen LogP contribution in [-0.4, -0.2) is 13.2 Å². The summed E-state index contributed by atoms with van der Waals surface area (Å²) in [6.07, 6.45) is 0.894. The molecule has 0 aliphatic carbocycles. The molecule has 1 N–H and O–H groups in total. The number of para-hydroxylation sites is 1. The van der Waals surface area contributed by atoms with E-state index in [1.54, 1.807) is 19.2 Å². The number of benzene rings is 2. The fraction of sp³-hybridized carbons (Fsp3) is 0.294. The Balaban J connectivity index is 1.89. The fourth-order valence-corrected chi connectivity index (χ4v) is 2.17. The predicted molar refractivity (Wildman–Crippen MR) is 79.4 cm³/mol. The topological polar surface area (TPSA) is 21.3 Å². The van der Waals surface area contributed by atoms with Crippen LogP contribution in [0.15, 0.2) is 48.5 Å². The lowest BCUT2D eigenvalue weighted by atomic mass is 10.1. The highest BCUT2D eigenvalue weighted by atomic mass is 19.1. The molecule has 1 unspecified atom stereocenters. The minimum atomic E-state index is -0.198. The average molecular weight is 273 g/mol. The summed E-state index contributed by atoms with van der Waals surface area (Å²) < 4.78 is 18.2. The van der Waals surface area contributed by atoms with Gasteiger partial charge in [0.1, 0.15) is 11.6 Å². The molecular weight excluding hydrogens is 253 g/mol. The fourth-order valence-electron chi connectivity index (χ4n) is 2.17. The third-order valence-electron chi connectivity index (χ3n) is 3.29. The Kier molecular flexibility index (Phi) is 5.13. The van der Waals surface area contributed by atoms with E-state index in [0.717, 1.165) is 24.3 Å². The quantitative estimate of drug-likeness (QED) is 0.869. The van der Waals surface area contributed by atoms with Gasteiger partial charge in [0.05, 0.1) is 7.11 Å². The molecule has 0 amide bonds. The molecule has 0 saturated heterocycles. The molecule has 0 aliphatic rings. The van der Waals surface area contributed by atoms with Crippen molar-refractivity contribution in [1.29, 1.82) is 0 Å². The van der Waals surface area contributed by atoms with Crippen molar-refractivity contribution in [3.63, 3.8) is 0 Å². The number of hydrogen-bond donors (Lipinski definition) is 1. The maximum absolute atomic E-state index is 12.8. The summed E-state index contributed by atoms with van der Waals surface area (Å²) in [6.45, 7) is 2.87. The first-order valence-corrected chi connectivity index (χ1v) is 6.79. The minimum absolute atomic E-state index is 0.198. The second-order valence-corrected chi connectivity index (χ2v) is 4.92. The van der Waals surface area contributed by atoms with Crippen molar-refractivity contribution in [3.8, 4) is 5.75 Å². The van der Waals surface area contributed by atoms with Gasteiger partial charge in [0.15, 0.2) is 0 Å². The molecule has 2 nitrogen and oxygen atoms in total. The summed E-state index contributed by atoms with van der Waals surface area (Å²) in [5.41, 5.74) is 2.27. The summed E-state index contributed by atoms with van der Waals surface area (Å²) >= 11 is 0. The standard InChI is InChI=1S/C17H20FNO/c1-13(11-15-5-3-4-6-17(15)20-2)19-12-14-7-9-16(18)10-8-14/h3-10,13,19H,11-12H2,1-2H3. The van der Waals surface area contributed by atoms with E-state index in [4.69, 9.17) is 4.74 Å². The van der Waals surface area contributed by atoms with E-state index in [0.29, 0.717) is 6.04 Å². The zero-order valence-corrected chi connectivity index (χ0v) is 11.9. The van der Waals surface area contributed by atoms with Gasteiger partial charge in [0, 0.05) is 12.6 Å². The smallest absolute Gasteiger partial charge is 0.123 e. The van der Waals surface area contributed by atoms with Crippen molar-refractivity contribution in [1.82, 2.24) is 5.32 Å². The van der Waals surface area contributed by atoms with Gasteiger partial charge in [-0.1, -0.05) is 30.3 Å². The Morgan fingerprint density at radius 2 is 1.80 bits per heavy atom. The van der Waals surface area contributed by atoms with Crippen molar-refractivity contribution >= 4 is 0 Å². The Morgan fingerprint density at radius 1 is 1.10 bits per heavy atom. The third-order valence-corrected chi connectivity index (χ3v) is 3.29. The van der Waals surface area contributed by atoms with E-state index >= 15 is 0 Å². The molecule has 0 bridgehead atoms. The summed E-state index contributed by atoms with van der Waals surface area (Å²) in [7, 11) is 1.69. The lowest BCUT2D eigenvalue weighted by molar-refractivity contribution is 0.406. The molecule has 0 saturated carbocycles. The monoisotopic (exact) mass is 273 g/mol. The highest BCUT2D eigenvalue weighted by Crippen LogP contribution is 2.18. The molecule has 0 spiro atoms. The second-order valence-electron chi connectivity index (χ2n) is 4.92. The Morgan fingerprint density at radius 3 is 2.50 bits per heavy atom. The second kappa shape index (κ2) is 7.06. The van der Waals surface area contributed by atoms with Crippen LogP contribution in [0.2, 0.25) is 0 Å². The van der Waals surface area contributed by atoms with Crippen molar-refractivity contribution < 1.29 is 9.13 Å². The third kappa shape index (κ3) is 4.07. The molecule has 0 heterocycles. The minimum Gasteiger partial charge on any atom is -0.496 e. The van der Waals surface area contributed by atoms with Crippen LogP contribution in [0.5, 0.6) is 5.75 Å². The maximum Gasteiger partial charge on any atom is 0.123 e. The maximum atomic E-state index is 12.8. The van der Waals surface area contributed by atoms with Crippen LogP contribution in [-0.2, 0) is 13.0 Å². The molecule has 2 aromatic rings. The van der Waals surface area contributed by atoms with Crippen LogP contribution >= 0.6 is 0 Å². The Hall–Kier alpha value is -1.87. The summed E-state index contributed by atoms with van der Waals surface area (Å²) in [5, 5.41) is 3.44. The van der Waals surface area contributed by atoms with E-state index < -0.39 is 0 Å². The van der Waals surface area contributed by atoms with Gasteiger partial charge in [-0.2, -0.15) is 0 Å². The van der Waals surface area contributed by atoms with E-state index in [1.165, 1.54) is 17.7 Å². The molecule has 0 aliphatic heterocycles. The number of nitrogens with one attached hydrogen (secondary N) is 1. The number of ether oxygens (including phenoxy) is 1. The van der Waals surface area contributed by atoms with Crippen molar-refractivity contribution in [2.75, 3.05) is 7.11 Å². The predicted octanol–water partition coefficient (Wildman–Crippen LogP) is 3.56. The first-order chi connectivity index (χ1) is 9.69. The van der Waals surface area contributed by atoms with Gasteiger partial charge in [-0.25, -0.2) is 4.39 Å². The highest BCUT2D eigenvalue weighted by Gasteiger charge is 2.07. The van der Waals surface area contributed by atoms with E-state index in [9.17, 15) is 4.39 Å². The molecule has 2 aromatic carbocycles. The number of rotatable bonds is 6. The van der Waals surface area contributed by atoms with Crippen LogP contribution in [0.1, 0.15) is 18.1 Å². The van der Waals surface area contributed by atoms with Gasteiger partial charge in [-0.05, 0) is 42.7 Å². The zero-order chi connectivity index (χ0) is 14.4. The van der Waals surface area contributed by atoms with Crippen molar-refractivity contribution in [3.05, 3.63) is 65.5 Å². The molecule has 0 fully saturated rings. The van der Waals surface area contributed by atoms with Crippen LogP contribution in [0.3, 0.4) is 0 Å². The number of halogens is 1. The van der Waals surface area contributed by atoms with Gasteiger partial charge < -0.3 is 10.1 Å². The van der Waals surface area contributed by atoms with E-state index in [2.05, 4.69) is 18.3 Å². The molecule has 106 valence electrons. The molecular formula is C17H20FNO. The van der Waals surface area contributed by atoms with Gasteiger partial charge in [-0.15, -0.1) is 0 Å². The summed E-state index contributed by atoms with van der Waals surface area (Å²) in [6, 6.07) is 14.9. The summed E-state index contributed by atoms with van der Waals surface area (Å²) in [4.78, 5) is 0. The number of methoxy groups -OCH3 is 1. The highest BCUT2D eigenvalue weighted by molar-refractivity contribution is 5.33. The Bertz CT molecular complexity index is 539. The van der Waals surface area contributed by atoms with Crippen LogP contribution < -0.4 is 10.1 Å². The lowest BCUT2D eigenvalue weighted by Gasteiger charge is -2.16. The zero-order valence-electron chi connectivity index (χ0n) is 11.9. The van der Waals surface area contributed by atoms with Crippen LogP contribution in [0.4, 0.5) is 4.39 Å².